The van der Waals surface area contributed by atoms with Gasteiger partial charge in [-0.05, 0) is 43.9 Å². The van der Waals surface area contributed by atoms with Crippen LogP contribution in [-0.2, 0) is 0 Å². The smallest absolute Gasteiger partial charge is 0.270 e. The van der Waals surface area contributed by atoms with Crippen molar-refractivity contribution in [3.63, 3.8) is 0 Å². The highest BCUT2D eigenvalue weighted by atomic mass is 16.2. The van der Waals surface area contributed by atoms with Gasteiger partial charge in [0.25, 0.3) is 5.91 Å². The standard InChI is InChI=1S/C16H23N3O/c1-2-7-17-10-14-15(11-17)19(9-12-5-6-12)16(20)13-4-3-8-18(13)14/h3-4,8,12,14-15H,2,5-7,9-11H2,1H3/t14-,15+/m0/s1. The van der Waals surface area contributed by atoms with Gasteiger partial charge in [0.1, 0.15) is 5.69 Å². The van der Waals surface area contributed by atoms with Crippen molar-refractivity contribution in [2.75, 3.05) is 26.2 Å². The van der Waals surface area contributed by atoms with Crippen LogP contribution in [0.3, 0.4) is 0 Å². The second kappa shape index (κ2) is 4.62. The molecule has 1 amide bonds. The lowest BCUT2D eigenvalue weighted by molar-refractivity contribution is 0.0565. The van der Waals surface area contributed by atoms with E-state index >= 15 is 0 Å². The largest absolute Gasteiger partial charge is 0.337 e. The van der Waals surface area contributed by atoms with E-state index in [4.69, 9.17) is 0 Å². The summed E-state index contributed by atoms with van der Waals surface area (Å²) in [4.78, 5) is 17.4. The highest BCUT2D eigenvalue weighted by Crippen LogP contribution is 2.37. The van der Waals surface area contributed by atoms with Gasteiger partial charge in [-0.15, -0.1) is 0 Å². The van der Waals surface area contributed by atoms with E-state index in [1.54, 1.807) is 0 Å². The first-order valence-electron chi connectivity index (χ1n) is 7.98. The summed E-state index contributed by atoms with van der Waals surface area (Å²) >= 11 is 0. The number of carbonyl (C=O) groups excluding carboxylic acids is 1. The van der Waals surface area contributed by atoms with Crippen molar-refractivity contribution in [1.82, 2.24) is 14.4 Å². The maximum atomic E-state index is 12.7. The van der Waals surface area contributed by atoms with Gasteiger partial charge in [0.05, 0.1) is 12.1 Å². The van der Waals surface area contributed by atoms with Crippen LogP contribution in [0.1, 0.15) is 42.7 Å². The molecule has 2 atom stereocenters. The van der Waals surface area contributed by atoms with Crippen LogP contribution in [0.25, 0.3) is 0 Å². The van der Waals surface area contributed by atoms with Gasteiger partial charge in [-0.1, -0.05) is 6.92 Å². The molecule has 3 heterocycles. The first-order valence-corrected chi connectivity index (χ1v) is 7.98. The Labute approximate surface area is 120 Å². The number of carbonyl (C=O) groups is 1. The Morgan fingerprint density at radius 1 is 1.25 bits per heavy atom. The molecule has 0 radical (unpaired) electrons. The number of likely N-dealkylation sites (tertiary alicyclic amines) is 1. The second-order valence-electron chi connectivity index (χ2n) is 6.60. The van der Waals surface area contributed by atoms with Crippen molar-refractivity contribution in [2.24, 2.45) is 5.92 Å². The van der Waals surface area contributed by atoms with Crippen molar-refractivity contribution < 1.29 is 4.79 Å². The molecule has 1 saturated carbocycles. The van der Waals surface area contributed by atoms with Gasteiger partial charge in [-0.25, -0.2) is 0 Å². The van der Waals surface area contributed by atoms with E-state index in [1.807, 2.05) is 12.1 Å². The SMILES string of the molecule is CCCN1C[C@@H]2[C@H](C1)n1cccc1C(=O)N2CC1CC1. The summed E-state index contributed by atoms with van der Waals surface area (Å²) in [7, 11) is 0. The van der Waals surface area contributed by atoms with Crippen LogP contribution in [-0.4, -0.2) is 52.5 Å². The molecule has 0 spiro atoms. The van der Waals surface area contributed by atoms with E-state index in [1.165, 1.54) is 19.3 Å². The highest BCUT2D eigenvalue weighted by molar-refractivity contribution is 5.94. The molecule has 2 fully saturated rings. The van der Waals surface area contributed by atoms with E-state index in [0.29, 0.717) is 12.1 Å². The average molecular weight is 273 g/mol. The van der Waals surface area contributed by atoms with Gasteiger partial charge in [0.15, 0.2) is 0 Å². The van der Waals surface area contributed by atoms with Crippen molar-refractivity contribution in [1.29, 1.82) is 0 Å². The Bertz CT molecular complexity index is 520. The van der Waals surface area contributed by atoms with Crippen LogP contribution >= 0.6 is 0 Å². The molecule has 2 aliphatic heterocycles. The second-order valence-corrected chi connectivity index (χ2v) is 6.60. The molecule has 20 heavy (non-hydrogen) atoms. The molecule has 0 aromatic carbocycles. The molecule has 4 rings (SSSR count). The lowest BCUT2D eigenvalue weighted by atomic mass is 10.1. The zero-order chi connectivity index (χ0) is 13.7. The predicted molar refractivity (Wildman–Crippen MR) is 77.7 cm³/mol. The molecular weight excluding hydrogens is 250 g/mol. The summed E-state index contributed by atoms with van der Waals surface area (Å²) in [6, 6.07) is 4.85. The fourth-order valence-corrected chi connectivity index (χ4v) is 3.88. The summed E-state index contributed by atoms with van der Waals surface area (Å²) in [6.07, 6.45) is 5.89. The molecule has 4 nitrogen and oxygen atoms in total. The molecule has 0 bridgehead atoms. The molecule has 4 heteroatoms. The summed E-state index contributed by atoms with van der Waals surface area (Å²) < 4.78 is 2.23. The maximum absolute atomic E-state index is 12.7. The number of nitrogens with zero attached hydrogens (tertiary/aromatic N) is 3. The summed E-state index contributed by atoms with van der Waals surface area (Å²) in [6.45, 7) is 6.50. The Morgan fingerprint density at radius 2 is 2.05 bits per heavy atom. The van der Waals surface area contributed by atoms with E-state index < -0.39 is 0 Å². The summed E-state index contributed by atoms with van der Waals surface area (Å²) in [5, 5.41) is 0. The van der Waals surface area contributed by atoms with E-state index in [2.05, 4.69) is 27.5 Å². The fourth-order valence-electron chi connectivity index (χ4n) is 3.88. The van der Waals surface area contributed by atoms with Crippen molar-refractivity contribution in [3.05, 3.63) is 24.0 Å². The van der Waals surface area contributed by atoms with Gasteiger partial charge in [0.2, 0.25) is 0 Å². The molecule has 1 aliphatic carbocycles. The van der Waals surface area contributed by atoms with Crippen LogP contribution in [0.5, 0.6) is 0 Å². The number of amides is 1. The number of aromatic nitrogens is 1. The van der Waals surface area contributed by atoms with Crippen LogP contribution < -0.4 is 0 Å². The van der Waals surface area contributed by atoms with Gasteiger partial charge >= 0.3 is 0 Å². The first-order chi connectivity index (χ1) is 9.78. The summed E-state index contributed by atoms with van der Waals surface area (Å²) in [5.74, 6) is 1.02. The zero-order valence-corrected chi connectivity index (χ0v) is 12.2. The molecule has 1 aromatic rings. The number of fused-ring (bicyclic) bond motifs is 3. The van der Waals surface area contributed by atoms with E-state index in [9.17, 15) is 4.79 Å². The quantitative estimate of drug-likeness (QED) is 0.839. The lowest BCUT2D eigenvalue weighted by Crippen LogP contribution is -2.51. The highest BCUT2D eigenvalue weighted by Gasteiger charge is 2.45. The Hall–Kier alpha value is -1.29. The van der Waals surface area contributed by atoms with Crippen molar-refractivity contribution >= 4 is 5.91 Å². The normalized spacial score (nSPS) is 29.6. The topological polar surface area (TPSA) is 28.5 Å². The van der Waals surface area contributed by atoms with Gasteiger partial charge < -0.3 is 9.47 Å². The third-order valence-corrected chi connectivity index (χ3v) is 5.04. The van der Waals surface area contributed by atoms with Gasteiger partial charge in [0, 0.05) is 25.8 Å². The van der Waals surface area contributed by atoms with Crippen LogP contribution in [0.4, 0.5) is 0 Å². The van der Waals surface area contributed by atoms with Crippen LogP contribution in [0, 0.1) is 5.92 Å². The maximum Gasteiger partial charge on any atom is 0.270 e. The minimum Gasteiger partial charge on any atom is -0.337 e. The Balaban J connectivity index is 1.65. The van der Waals surface area contributed by atoms with Crippen molar-refractivity contribution in [2.45, 2.75) is 38.3 Å². The molecular formula is C16H23N3O. The molecule has 1 aromatic heterocycles. The Morgan fingerprint density at radius 3 is 2.80 bits per heavy atom. The monoisotopic (exact) mass is 273 g/mol. The van der Waals surface area contributed by atoms with Crippen LogP contribution in [0.2, 0.25) is 0 Å². The molecule has 1 saturated heterocycles. The van der Waals surface area contributed by atoms with Gasteiger partial charge in [-0.3, -0.25) is 9.69 Å². The van der Waals surface area contributed by atoms with E-state index in [-0.39, 0.29) is 5.91 Å². The zero-order valence-electron chi connectivity index (χ0n) is 12.2. The minimum atomic E-state index is 0.251. The molecule has 0 unspecified atom stereocenters. The van der Waals surface area contributed by atoms with Crippen LogP contribution in [0.15, 0.2) is 18.3 Å². The Kier molecular flexibility index (Phi) is 2.88. The third kappa shape index (κ3) is 1.89. The molecule has 108 valence electrons. The third-order valence-electron chi connectivity index (χ3n) is 5.04. The number of hydrogen-bond acceptors (Lipinski definition) is 2. The van der Waals surface area contributed by atoms with Gasteiger partial charge in [-0.2, -0.15) is 0 Å². The fraction of sp³-hybridized carbons (Fsp3) is 0.688. The first kappa shape index (κ1) is 12.5. The van der Waals surface area contributed by atoms with E-state index in [0.717, 1.165) is 37.8 Å². The summed E-state index contributed by atoms with van der Waals surface area (Å²) in [5.41, 5.74) is 0.894. The predicted octanol–water partition coefficient (Wildman–Crippen LogP) is 1.99. The average Bonchev–Trinajstić information content (AvgIpc) is 2.96. The molecule has 0 N–H and O–H groups in total. The van der Waals surface area contributed by atoms with Crippen molar-refractivity contribution in [3.8, 4) is 0 Å². The minimum absolute atomic E-state index is 0.251. The number of hydrogen-bond donors (Lipinski definition) is 0. The number of rotatable bonds is 4. The lowest BCUT2D eigenvalue weighted by Gasteiger charge is -2.38. The molecule has 3 aliphatic rings.